The van der Waals surface area contributed by atoms with Crippen LogP contribution in [0, 0.1) is 5.82 Å². The van der Waals surface area contributed by atoms with Gasteiger partial charge in [0, 0.05) is 5.56 Å². The first-order chi connectivity index (χ1) is 7.11. The molecule has 0 aliphatic rings. The fourth-order valence-corrected chi connectivity index (χ4v) is 1.17. The van der Waals surface area contributed by atoms with Crippen LogP contribution in [0.5, 0.6) is 0 Å². The van der Waals surface area contributed by atoms with E-state index in [9.17, 15) is 14.3 Å². The summed E-state index contributed by atoms with van der Waals surface area (Å²) in [4.78, 5) is 11.1. The molecule has 0 aliphatic carbocycles. The molecule has 1 atom stereocenters. The lowest BCUT2D eigenvalue weighted by Crippen LogP contribution is -2.11. The average Bonchev–Trinajstić information content (AvgIpc) is 2.27. The molecular formula is C10H11FO4. The van der Waals surface area contributed by atoms with E-state index in [0.29, 0.717) is 0 Å². The van der Waals surface area contributed by atoms with Crippen LogP contribution < -0.4 is 0 Å². The number of ether oxygens (including phenoxy) is 1. The van der Waals surface area contributed by atoms with E-state index in [0.717, 1.165) is 7.11 Å². The zero-order valence-corrected chi connectivity index (χ0v) is 8.11. The average molecular weight is 214 g/mol. The smallest absolute Gasteiger partial charge is 0.340 e. The van der Waals surface area contributed by atoms with Gasteiger partial charge in [-0.15, -0.1) is 0 Å². The van der Waals surface area contributed by atoms with Crippen LogP contribution in [-0.2, 0) is 4.74 Å². The van der Waals surface area contributed by atoms with Crippen LogP contribution in [0.15, 0.2) is 18.2 Å². The molecule has 0 bridgehead atoms. The first-order valence-corrected chi connectivity index (χ1v) is 4.27. The second kappa shape index (κ2) is 4.86. The fraction of sp³-hybridized carbons (Fsp3) is 0.300. The van der Waals surface area contributed by atoms with E-state index in [-0.39, 0.29) is 11.1 Å². The van der Waals surface area contributed by atoms with E-state index in [1.54, 1.807) is 0 Å². The highest BCUT2D eigenvalue weighted by molar-refractivity contribution is 5.89. The Kier molecular flexibility index (Phi) is 3.76. The number of methoxy groups -OCH3 is 1. The molecule has 2 N–H and O–H groups in total. The van der Waals surface area contributed by atoms with Crippen molar-refractivity contribution in [2.24, 2.45) is 0 Å². The summed E-state index contributed by atoms with van der Waals surface area (Å²) in [7, 11) is 1.14. The Labute approximate surface area is 85.9 Å². The molecule has 0 saturated carbocycles. The van der Waals surface area contributed by atoms with Gasteiger partial charge in [0.25, 0.3) is 0 Å². The van der Waals surface area contributed by atoms with Crippen molar-refractivity contribution < 1.29 is 24.1 Å². The molecule has 1 rings (SSSR count). The maximum absolute atomic E-state index is 13.6. The Bertz CT molecular complexity index is 364. The molecule has 0 aromatic heterocycles. The molecule has 0 radical (unpaired) electrons. The zero-order valence-electron chi connectivity index (χ0n) is 8.11. The summed E-state index contributed by atoms with van der Waals surface area (Å²) < 4.78 is 17.9. The molecule has 5 heteroatoms. The van der Waals surface area contributed by atoms with Crippen LogP contribution in [0.2, 0.25) is 0 Å². The molecule has 0 fully saturated rings. The van der Waals surface area contributed by atoms with Crippen molar-refractivity contribution in [3.63, 3.8) is 0 Å². The van der Waals surface area contributed by atoms with Gasteiger partial charge in [-0.05, 0) is 6.07 Å². The molecule has 0 saturated heterocycles. The van der Waals surface area contributed by atoms with Crippen LogP contribution in [0.3, 0.4) is 0 Å². The van der Waals surface area contributed by atoms with Crippen molar-refractivity contribution in [3.8, 4) is 0 Å². The first-order valence-electron chi connectivity index (χ1n) is 4.27. The van der Waals surface area contributed by atoms with Gasteiger partial charge in [-0.2, -0.15) is 0 Å². The van der Waals surface area contributed by atoms with Crippen LogP contribution in [-0.4, -0.2) is 29.9 Å². The number of rotatable bonds is 3. The molecule has 1 aromatic rings. The summed E-state index contributed by atoms with van der Waals surface area (Å²) in [5.41, 5.74) is -0.386. The molecule has 1 aromatic carbocycles. The van der Waals surface area contributed by atoms with E-state index in [4.69, 9.17) is 5.11 Å². The Morgan fingerprint density at radius 1 is 1.60 bits per heavy atom. The number of hydrogen-bond donors (Lipinski definition) is 2. The Morgan fingerprint density at radius 2 is 2.27 bits per heavy atom. The lowest BCUT2D eigenvalue weighted by Gasteiger charge is -2.10. The van der Waals surface area contributed by atoms with Gasteiger partial charge in [0.1, 0.15) is 11.9 Å². The number of aliphatic hydroxyl groups is 2. The van der Waals surface area contributed by atoms with Crippen LogP contribution >= 0.6 is 0 Å². The van der Waals surface area contributed by atoms with E-state index < -0.39 is 24.5 Å². The largest absolute Gasteiger partial charge is 0.465 e. The number of halogens is 1. The van der Waals surface area contributed by atoms with Crippen molar-refractivity contribution in [1.82, 2.24) is 0 Å². The molecule has 15 heavy (non-hydrogen) atoms. The molecule has 0 spiro atoms. The minimum absolute atomic E-state index is 0.125. The summed E-state index contributed by atoms with van der Waals surface area (Å²) in [6, 6.07) is 3.95. The highest BCUT2D eigenvalue weighted by atomic mass is 19.1. The third kappa shape index (κ3) is 2.31. The fourth-order valence-electron chi connectivity index (χ4n) is 1.17. The molecule has 0 amide bonds. The van der Waals surface area contributed by atoms with E-state index in [2.05, 4.69) is 4.74 Å². The maximum Gasteiger partial charge on any atom is 0.340 e. The summed E-state index contributed by atoms with van der Waals surface area (Å²) in [6.07, 6.45) is -1.34. The molecule has 0 heterocycles. The Hall–Kier alpha value is -1.46. The normalized spacial score (nSPS) is 12.3. The van der Waals surface area contributed by atoms with Gasteiger partial charge in [-0.25, -0.2) is 9.18 Å². The molecule has 82 valence electrons. The predicted molar refractivity (Wildman–Crippen MR) is 49.8 cm³/mol. The van der Waals surface area contributed by atoms with Crippen molar-refractivity contribution in [2.75, 3.05) is 13.7 Å². The number of hydrogen-bond acceptors (Lipinski definition) is 4. The standard InChI is InChI=1S/C10H11FO4/c1-15-10(14)7-4-2-3-6(9(7)11)8(13)5-12/h2-4,8,12-13H,5H2,1H3. The zero-order chi connectivity index (χ0) is 11.4. The lowest BCUT2D eigenvalue weighted by molar-refractivity contribution is 0.0592. The van der Waals surface area contributed by atoms with E-state index in [1.165, 1.54) is 18.2 Å². The minimum Gasteiger partial charge on any atom is -0.465 e. The quantitative estimate of drug-likeness (QED) is 0.724. The van der Waals surface area contributed by atoms with Gasteiger partial charge >= 0.3 is 5.97 Å². The maximum atomic E-state index is 13.6. The van der Waals surface area contributed by atoms with Crippen LogP contribution in [0.25, 0.3) is 0 Å². The van der Waals surface area contributed by atoms with Crippen molar-refractivity contribution in [1.29, 1.82) is 0 Å². The second-order valence-corrected chi connectivity index (χ2v) is 2.90. The molecule has 1 unspecified atom stereocenters. The summed E-state index contributed by atoms with van der Waals surface area (Å²) >= 11 is 0. The number of benzene rings is 1. The lowest BCUT2D eigenvalue weighted by atomic mass is 10.1. The highest BCUT2D eigenvalue weighted by Gasteiger charge is 2.19. The van der Waals surface area contributed by atoms with Crippen molar-refractivity contribution in [3.05, 3.63) is 35.1 Å². The van der Waals surface area contributed by atoms with Crippen molar-refractivity contribution >= 4 is 5.97 Å². The number of carbonyl (C=O) groups is 1. The van der Waals surface area contributed by atoms with Gasteiger partial charge < -0.3 is 14.9 Å². The minimum atomic E-state index is -1.34. The van der Waals surface area contributed by atoms with E-state index >= 15 is 0 Å². The Morgan fingerprint density at radius 3 is 2.80 bits per heavy atom. The molecule has 0 aliphatic heterocycles. The first kappa shape index (κ1) is 11.6. The third-order valence-corrected chi connectivity index (χ3v) is 1.97. The molecule has 4 nitrogen and oxygen atoms in total. The number of aliphatic hydroxyl groups excluding tert-OH is 2. The third-order valence-electron chi connectivity index (χ3n) is 1.97. The topological polar surface area (TPSA) is 66.8 Å². The molecular weight excluding hydrogens is 203 g/mol. The van der Waals surface area contributed by atoms with Crippen LogP contribution in [0.4, 0.5) is 4.39 Å². The summed E-state index contributed by atoms with van der Waals surface area (Å²) in [6.45, 7) is -0.610. The number of carbonyl (C=O) groups excluding carboxylic acids is 1. The summed E-state index contributed by atoms with van der Waals surface area (Å²) in [5, 5.41) is 17.9. The highest BCUT2D eigenvalue weighted by Crippen LogP contribution is 2.20. The van der Waals surface area contributed by atoms with Gasteiger partial charge in [-0.3, -0.25) is 0 Å². The predicted octanol–water partition coefficient (Wildman–Crippen LogP) is 0.638. The Balaban J connectivity index is 3.16. The SMILES string of the molecule is COC(=O)c1cccc(C(O)CO)c1F. The van der Waals surface area contributed by atoms with Gasteiger partial charge in [0.2, 0.25) is 0 Å². The monoisotopic (exact) mass is 214 g/mol. The van der Waals surface area contributed by atoms with Gasteiger partial charge in [0.15, 0.2) is 0 Å². The van der Waals surface area contributed by atoms with Gasteiger partial charge in [0.05, 0.1) is 19.3 Å². The number of esters is 1. The van der Waals surface area contributed by atoms with E-state index in [1.807, 2.05) is 0 Å². The summed E-state index contributed by atoms with van der Waals surface area (Å²) in [5.74, 6) is -1.69. The van der Waals surface area contributed by atoms with Crippen molar-refractivity contribution in [2.45, 2.75) is 6.10 Å². The second-order valence-electron chi connectivity index (χ2n) is 2.90. The van der Waals surface area contributed by atoms with Crippen LogP contribution in [0.1, 0.15) is 22.0 Å². The van der Waals surface area contributed by atoms with Gasteiger partial charge in [-0.1, -0.05) is 12.1 Å².